The summed E-state index contributed by atoms with van der Waals surface area (Å²) in [5.74, 6) is -2.11. The van der Waals surface area contributed by atoms with E-state index in [0.717, 1.165) is 5.03 Å². The number of carbonyl (C=O) groups excluding carboxylic acids is 2. The Bertz CT molecular complexity index is 873. The fourth-order valence-electron chi connectivity index (χ4n) is 2.00. The zero-order valence-electron chi connectivity index (χ0n) is 13.9. The van der Waals surface area contributed by atoms with Crippen LogP contribution in [-0.4, -0.2) is 45.5 Å². The van der Waals surface area contributed by atoms with Crippen molar-refractivity contribution in [3.05, 3.63) is 41.2 Å². The number of anilines is 1. The number of cyclic esters (lactones) is 2. The first-order valence-corrected chi connectivity index (χ1v) is 9.61. The smallest absolute Gasteiger partial charge is 0.346 e. The van der Waals surface area contributed by atoms with Crippen molar-refractivity contribution in [1.82, 2.24) is 9.97 Å². The van der Waals surface area contributed by atoms with E-state index in [4.69, 9.17) is 10.8 Å². The molecule has 3 N–H and O–H groups in total. The van der Waals surface area contributed by atoms with E-state index in [-0.39, 0.29) is 17.7 Å². The molecule has 1 aliphatic heterocycles. The molecule has 0 saturated carbocycles. The largest absolute Gasteiger partial charge is 0.478 e. The molecule has 3 rings (SSSR count). The minimum absolute atomic E-state index is 0.106. The molecule has 0 radical (unpaired) electrons. The van der Waals surface area contributed by atoms with Crippen LogP contribution in [0.2, 0.25) is 0 Å². The summed E-state index contributed by atoms with van der Waals surface area (Å²) >= 11 is 2.82. The van der Waals surface area contributed by atoms with Gasteiger partial charge in [0.15, 0.2) is 0 Å². The van der Waals surface area contributed by atoms with E-state index >= 15 is 0 Å². The number of thioether (sulfide) groups is 2. The number of nitrogens with zero attached hydrogens (tertiary/aromatic N) is 2. The van der Waals surface area contributed by atoms with Gasteiger partial charge in [-0.15, -0.1) is 23.5 Å². The molecular formula is C16H15N3O5S2. The molecular weight excluding hydrogens is 378 g/mol. The molecule has 0 atom stereocenters. The third kappa shape index (κ3) is 4.73. The standard InChI is InChI=1S/C9H7NO3S.C7H8N2O2S/c1-14-7-3-6-5(4-10-7)2-8(11)13-9(6)12;1-12-6-2-4(7(10)11)5(8)3-9-6/h3-4H,2H2,1H3;2-3H,8H2,1H3,(H,10,11). The van der Waals surface area contributed by atoms with Gasteiger partial charge in [-0.25, -0.2) is 19.6 Å². The van der Waals surface area contributed by atoms with Crippen molar-refractivity contribution in [2.45, 2.75) is 16.5 Å². The van der Waals surface area contributed by atoms with Gasteiger partial charge in [-0.3, -0.25) is 4.79 Å². The van der Waals surface area contributed by atoms with Crippen LogP contribution < -0.4 is 5.73 Å². The molecule has 0 amide bonds. The van der Waals surface area contributed by atoms with Crippen molar-refractivity contribution in [3.8, 4) is 0 Å². The van der Waals surface area contributed by atoms with Crippen LogP contribution in [0.3, 0.4) is 0 Å². The Hall–Kier alpha value is -2.59. The van der Waals surface area contributed by atoms with Gasteiger partial charge in [-0.2, -0.15) is 0 Å². The van der Waals surface area contributed by atoms with Crippen LogP contribution in [-0.2, 0) is 16.0 Å². The number of nitrogens with two attached hydrogens (primary N) is 1. The first-order chi connectivity index (χ1) is 12.3. The third-order valence-electron chi connectivity index (χ3n) is 3.28. The van der Waals surface area contributed by atoms with Crippen molar-refractivity contribution in [2.24, 2.45) is 0 Å². The zero-order valence-corrected chi connectivity index (χ0v) is 15.5. The summed E-state index contributed by atoms with van der Waals surface area (Å²) in [6, 6.07) is 3.11. The molecule has 26 heavy (non-hydrogen) atoms. The molecule has 0 unspecified atom stereocenters. The van der Waals surface area contributed by atoms with Gasteiger partial charge in [0.05, 0.1) is 39.5 Å². The fourth-order valence-corrected chi connectivity index (χ4v) is 2.79. The lowest BCUT2D eigenvalue weighted by Gasteiger charge is -2.13. The predicted octanol–water partition coefficient (Wildman–Crippen LogP) is 2.13. The molecule has 0 saturated heterocycles. The number of rotatable bonds is 3. The molecule has 2 aromatic rings. The molecule has 8 nitrogen and oxygen atoms in total. The van der Waals surface area contributed by atoms with Crippen LogP contribution in [0.15, 0.2) is 34.6 Å². The Kier molecular flexibility index (Phi) is 6.58. The van der Waals surface area contributed by atoms with E-state index < -0.39 is 17.9 Å². The second kappa shape index (κ2) is 8.68. The molecule has 2 aromatic heterocycles. The van der Waals surface area contributed by atoms with E-state index in [0.29, 0.717) is 16.2 Å². The van der Waals surface area contributed by atoms with Gasteiger partial charge in [-0.1, -0.05) is 0 Å². The van der Waals surface area contributed by atoms with Crippen molar-refractivity contribution in [1.29, 1.82) is 0 Å². The summed E-state index contributed by atoms with van der Waals surface area (Å²) in [6.45, 7) is 0. The number of aromatic nitrogens is 2. The number of hydrogen-bond donors (Lipinski definition) is 2. The predicted molar refractivity (Wildman–Crippen MR) is 97.5 cm³/mol. The third-order valence-corrected chi connectivity index (χ3v) is 4.56. The first-order valence-electron chi connectivity index (χ1n) is 7.16. The van der Waals surface area contributed by atoms with E-state index in [2.05, 4.69) is 14.7 Å². The summed E-state index contributed by atoms with van der Waals surface area (Å²) in [4.78, 5) is 40.8. The lowest BCUT2D eigenvalue weighted by molar-refractivity contribution is -0.137. The highest BCUT2D eigenvalue weighted by molar-refractivity contribution is 7.98. The number of carboxylic acid groups (broad SMARTS) is 1. The normalized spacial score (nSPS) is 12.5. The average molecular weight is 393 g/mol. The van der Waals surface area contributed by atoms with Crippen LogP contribution >= 0.6 is 23.5 Å². The number of esters is 2. The van der Waals surface area contributed by atoms with Crippen LogP contribution in [0.5, 0.6) is 0 Å². The monoisotopic (exact) mass is 393 g/mol. The fraction of sp³-hybridized carbons (Fsp3) is 0.188. The van der Waals surface area contributed by atoms with E-state index in [1.165, 1.54) is 35.8 Å². The van der Waals surface area contributed by atoms with Crippen LogP contribution in [0.25, 0.3) is 0 Å². The highest BCUT2D eigenvalue weighted by atomic mass is 32.2. The van der Waals surface area contributed by atoms with Gasteiger partial charge < -0.3 is 15.6 Å². The molecule has 0 spiro atoms. The van der Waals surface area contributed by atoms with Crippen molar-refractivity contribution >= 4 is 47.1 Å². The SMILES string of the molecule is CSc1cc(C(=O)O)c(N)cn1.CSc1cc2c(cn1)CC(=O)OC2=O. The van der Waals surface area contributed by atoms with Crippen molar-refractivity contribution in [3.63, 3.8) is 0 Å². The Morgan fingerprint density at radius 2 is 1.77 bits per heavy atom. The molecule has 136 valence electrons. The maximum atomic E-state index is 11.3. The second-order valence-corrected chi connectivity index (χ2v) is 6.59. The van der Waals surface area contributed by atoms with E-state index in [1.807, 2.05) is 12.5 Å². The number of aromatic carboxylic acids is 1. The lowest BCUT2D eigenvalue weighted by atomic mass is 10.1. The van der Waals surface area contributed by atoms with Crippen LogP contribution in [0.1, 0.15) is 26.3 Å². The summed E-state index contributed by atoms with van der Waals surface area (Å²) in [7, 11) is 0. The van der Waals surface area contributed by atoms with Crippen LogP contribution in [0.4, 0.5) is 5.69 Å². The van der Waals surface area contributed by atoms with Crippen LogP contribution in [0, 0.1) is 0 Å². The highest BCUT2D eigenvalue weighted by Gasteiger charge is 2.25. The molecule has 0 fully saturated rings. The number of pyridine rings is 2. The summed E-state index contributed by atoms with van der Waals surface area (Å²) < 4.78 is 4.50. The van der Waals surface area contributed by atoms with E-state index in [1.54, 1.807) is 12.3 Å². The number of carboxylic acids is 1. The number of carbonyl (C=O) groups is 3. The topological polar surface area (TPSA) is 132 Å². The van der Waals surface area contributed by atoms with Crippen molar-refractivity contribution < 1.29 is 24.2 Å². The number of ether oxygens (including phenoxy) is 1. The number of fused-ring (bicyclic) bond motifs is 1. The Labute approximate surface area is 157 Å². The van der Waals surface area contributed by atoms with Gasteiger partial charge in [0.25, 0.3) is 0 Å². The van der Waals surface area contributed by atoms with Gasteiger partial charge in [0.2, 0.25) is 0 Å². The highest BCUT2D eigenvalue weighted by Crippen LogP contribution is 2.21. The second-order valence-electron chi connectivity index (χ2n) is 4.94. The summed E-state index contributed by atoms with van der Waals surface area (Å²) in [6.07, 6.45) is 6.73. The Morgan fingerprint density at radius 3 is 2.38 bits per heavy atom. The maximum Gasteiger partial charge on any atom is 0.346 e. The molecule has 10 heteroatoms. The van der Waals surface area contributed by atoms with Crippen molar-refractivity contribution in [2.75, 3.05) is 18.2 Å². The summed E-state index contributed by atoms with van der Waals surface area (Å²) in [5.41, 5.74) is 6.78. The Morgan fingerprint density at radius 1 is 1.15 bits per heavy atom. The Balaban J connectivity index is 0.000000190. The average Bonchev–Trinajstić information content (AvgIpc) is 2.62. The zero-order chi connectivity index (χ0) is 19.3. The minimum Gasteiger partial charge on any atom is -0.478 e. The molecule has 0 bridgehead atoms. The quantitative estimate of drug-likeness (QED) is 0.454. The van der Waals surface area contributed by atoms with Gasteiger partial charge in [0, 0.05) is 6.20 Å². The van der Waals surface area contributed by atoms with E-state index in [9.17, 15) is 14.4 Å². The minimum atomic E-state index is -1.02. The number of nitrogen functional groups attached to an aromatic ring is 1. The molecule has 0 aromatic carbocycles. The lowest BCUT2D eigenvalue weighted by Crippen LogP contribution is -2.23. The molecule has 3 heterocycles. The van der Waals surface area contributed by atoms with Gasteiger partial charge in [0.1, 0.15) is 0 Å². The first kappa shape index (κ1) is 19.7. The van der Waals surface area contributed by atoms with Gasteiger partial charge >= 0.3 is 17.9 Å². The molecule has 0 aliphatic carbocycles. The summed E-state index contributed by atoms with van der Waals surface area (Å²) in [5, 5.41) is 10.1. The number of hydrogen-bond acceptors (Lipinski definition) is 9. The molecule has 1 aliphatic rings. The maximum absolute atomic E-state index is 11.3. The van der Waals surface area contributed by atoms with Gasteiger partial charge in [-0.05, 0) is 30.2 Å².